The Balaban J connectivity index is 3.88. The molecule has 0 fully saturated rings. The number of hydrogen-bond acceptors (Lipinski definition) is 3. The van der Waals surface area contributed by atoms with E-state index >= 15 is 0 Å². The first-order chi connectivity index (χ1) is 6.63. The van der Waals surface area contributed by atoms with Crippen molar-refractivity contribution in [3.8, 4) is 0 Å². The van der Waals surface area contributed by atoms with Gasteiger partial charge in [-0.05, 0) is 33.6 Å². The zero-order chi connectivity index (χ0) is 11.0. The van der Waals surface area contributed by atoms with Crippen LogP contribution < -0.4 is 0 Å². The summed E-state index contributed by atoms with van der Waals surface area (Å²) in [5.74, 6) is 0. The Kier molecular flexibility index (Phi) is 8.24. The van der Waals surface area contributed by atoms with Crippen molar-refractivity contribution < 1.29 is 14.0 Å². The lowest BCUT2D eigenvalue weighted by Crippen LogP contribution is -2.34. The first-order valence-electron chi connectivity index (χ1n) is 5.56. The molecule has 0 aromatic heterocycles. The van der Waals surface area contributed by atoms with Crippen molar-refractivity contribution in [3.63, 3.8) is 0 Å². The van der Waals surface area contributed by atoms with Gasteiger partial charge in [0.1, 0.15) is 0 Å². The summed E-state index contributed by atoms with van der Waals surface area (Å²) < 4.78 is 16.5. The monoisotopic (exact) mass is 202 g/mol. The molecule has 0 saturated carbocycles. The van der Waals surface area contributed by atoms with Gasteiger partial charge in [0.25, 0.3) is 0 Å². The molecule has 2 atom stereocenters. The second-order valence-electron chi connectivity index (χ2n) is 3.45. The van der Waals surface area contributed by atoms with E-state index < -0.39 is 7.32 Å². The Hall–Kier alpha value is -0.0551. The molecule has 0 bridgehead atoms. The molecule has 0 spiro atoms. The Morgan fingerprint density at radius 3 is 1.64 bits per heavy atom. The number of hydrogen-bond donors (Lipinski definition) is 0. The molecule has 0 heterocycles. The van der Waals surface area contributed by atoms with Crippen LogP contribution in [0.25, 0.3) is 0 Å². The minimum atomic E-state index is -0.509. The van der Waals surface area contributed by atoms with E-state index in [1.54, 1.807) is 0 Å². The van der Waals surface area contributed by atoms with Crippen molar-refractivity contribution in [2.24, 2.45) is 0 Å². The van der Waals surface area contributed by atoms with Gasteiger partial charge >= 0.3 is 7.32 Å². The van der Waals surface area contributed by atoms with E-state index in [1.165, 1.54) is 0 Å². The van der Waals surface area contributed by atoms with E-state index in [2.05, 4.69) is 13.8 Å². The molecule has 2 unspecified atom stereocenters. The molecule has 0 aromatic carbocycles. The third-order valence-electron chi connectivity index (χ3n) is 2.14. The van der Waals surface area contributed by atoms with E-state index in [0.717, 1.165) is 12.8 Å². The molecule has 0 radical (unpaired) electrons. The standard InChI is InChI=1S/C10H23BO3/c1-6-9(4)13-11(12-8-3)14-10(5)7-2/h9-10H,6-8H2,1-5H3. The summed E-state index contributed by atoms with van der Waals surface area (Å²) in [5.41, 5.74) is 0. The minimum absolute atomic E-state index is 0.176. The SMILES string of the molecule is CCOB(OC(C)CC)OC(C)CC. The van der Waals surface area contributed by atoms with Crippen LogP contribution in [0, 0.1) is 0 Å². The van der Waals surface area contributed by atoms with E-state index in [0.29, 0.717) is 6.61 Å². The van der Waals surface area contributed by atoms with E-state index in [-0.39, 0.29) is 12.2 Å². The van der Waals surface area contributed by atoms with Crippen molar-refractivity contribution >= 4 is 7.32 Å². The largest absolute Gasteiger partial charge is 0.639 e. The Morgan fingerprint density at radius 1 is 0.929 bits per heavy atom. The van der Waals surface area contributed by atoms with Gasteiger partial charge in [0.2, 0.25) is 0 Å². The van der Waals surface area contributed by atoms with Gasteiger partial charge in [-0.15, -0.1) is 0 Å². The number of rotatable bonds is 8. The fraction of sp³-hybridized carbons (Fsp3) is 1.00. The van der Waals surface area contributed by atoms with Gasteiger partial charge in [-0.25, -0.2) is 0 Å². The highest BCUT2D eigenvalue weighted by atomic mass is 16.7. The molecular weight excluding hydrogens is 179 g/mol. The van der Waals surface area contributed by atoms with Crippen molar-refractivity contribution in [1.82, 2.24) is 0 Å². The lowest BCUT2D eigenvalue weighted by molar-refractivity contribution is 0.0409. The lowest BCUT2D eigenvalue weighted by Gasteiger charge is -2.20. The lowest BCUT2D eigenvalue weighted by atomic mass is 10.1. The summed E-state index contributed by atoms with van der Waals surface area (Å²) in [5, 5.41) is 0. The van der Waals surface area contributed by atoms with Crippen molar-refractivity contribution in [1.29, 1.82) is 0 Å². The van der Waals surface area contributed by atoms with Crippen LogP contribution in [0.1, 0.15) is 47.5 Å². The van der Waals surface area contributed by atoms with Crippen molar-refractivity contribution in [3.05, 3.63) is 0 Å². The second-order valence-corrected chi connectivity index (χ2v) is 3.45. The molecule has 0 aromatic rings. The topological polar surface area (TPSA) is 27.7 Å². The van der Waals surface area contributed by atoms with Crippen LogP contribution in [0.2, 0.25) is 0 Å². The normalized spacial score (nSPS) is 15.2. The van der Waals surface area contributed by atoms with E-state index in [1.807, 2.05) is 20.8 Å². The molecule has 0 aliphatic rings. The zero-order valence-electron chi connectivity index (χ0n) is 10.1. The van der Waals surface area contributed by atoms with Gasteiger partial charge in [0.15, 0.2) is 0 Å². The van der Waals surface area contributed by atoms with E-state index in [4.69, 9.17) is 14.0 Å². The highest BCUT2D eigenvalue weighted by Crippen LogP contribution is 2.06. The predicted octanol–water partition coefficient (Wildman–Crippen LogP) is 2.64. The Bertz CT molecular complexity index is 121. The molecule has 14 heavy (non-hydrogen) atoms. The van der Waals surface area contributed by atoms with Gasteiger partial charge < -0.3 is 14.0 Å². The Labute approximate surface area is 88.3 Å². The second kappa shape index (κ2) is 8.27. The van der Waals surface area contributed by atoms with Crippen LogP contribution in [0.15, 0.2) is 0 Å². The summed E-state index contributed by atoms with van der Waals surface area (Å²) >= 11 is 0. The maximum Gasteiger partial charge on any atom is 0.639 e. The van der Waals surface area contributed by atoms with Crippen LogP contribution in [-0.2, 0) is 14.0 Å². The van der Waals surface area contributed by atoms with Gasteiger partial charge in [0, 0.05) is 18.8 Å². The first kappa shape index (κ1) is 13.9. The van der Waals surface area contributed by atoms with Gasteiger partial charge in [-0.1, -0.05) is 13.8 Å². The van der Waals surface area contributed by atoms with Gasteiger partial charge in [-0.3, -0.25) is 0 Å². The fourth-order valence-corrected chi connectivity index (χ4v) is 0.819. The van der Waals surface area contributed by atoms with Crippen LogP contribution >= 0.6 is 0 Å². The summed E-state index contributed by atoms with van der Waals surface area (Å²) in [4.78, 5) is 0. The summed E-state index contributed by atoms with van der Waals surface area (Å²) in [6, 6.07) is 0. The third kappa shape index (κ3) is 6.41. The summed E-state index contributed by atoms with van der Waals surface area (Å²) in [6.07, 6.45) is 2.28. The maximum absolute atomic E-state index is 5.57. The van der Waals surface area contributed by atoms with E-state index in [9.17, 15) is 0 Å². The quantitative estimate of drug-likeness (QED) is 0.566. The summed E-state index contributed by atoms with van der Waals surface area (Å²) in [7, 11) is -0.509. The minimum Gasteiger partial charge on any atom is -0.386 e. The molecule has 0 aliphatic carbocycles. The highest BCUT2D eigenvalue weighted by molar-refractivity contribution is 6.36. The van der Waals surface area contributed by atoms with Crippen LogP contribution in [0.3, 0.4) is 0 Å². The molecule has 84 valence electrons. The third-order valence-corrected chi connectivity index (χ3v) is 2.14. The fourth-order valence-electron chi connectivity index (χ4n) is 0.819. The molecule has 0 aliphatic heterocycles. The molecule has 3 nitrogen and oxygen atoms in total. The maximum atomic E-state index is 5.57. The molecule has 0 amide bonds. The average Bonchev–Trinajstić information content (AvgIpc) is 2.17. The molecule has 0 N–H and O–H groups in total. The Morgan fingerprint density at radius 2 is 1.36 bits per heavy atom. The van der Waals surface area contributed by atoms with Gasteiger partial charge in [-0.2, -0.15) is 0 Å². The zero-order valence-corrected chi connectivity index (χ0v) is 10.1. The van der Waals surface area contributed by atoms with Crippen molar-refractivity contribution in [2.45, 2.75) is 59.7 Å². The molecule has 0 rings (SSSR count). The van der Waals surface area contributed by atoms with Crippen LogP contribution in [-0.4, -0.2) is 26.1 Å². The molecule has 0 saturated heterocycles. The first-order valence-corrected chi connectivity index (χ1v) is 5.56. The van der Waals surface area contributed by atoms with Crippen molar-refractivity contribution in [2.75, 3.05) is 6.61 Å². The van der Waals surface area contributed by atoms with Gasteiger partial charge in [0.05, 0.1) is 0 Å². The predicted molar refractivity (Wildman–Crippen MR) is 59.1 cm³/mol. The molecular formula is C10H23BO3. The van der Waals surface area contributed by atoms with Crippen LogP contribution in [0.5, 0.6) is 0 Å². The summed E-state index contributed by atoms with van der Waals surface area (Å²) in [6.45, 7) is 10.7. The average molecular weight is 202 g/mol. The highest BCUT2D eigenvalue weighted by Gasteiger charge is 2.24. The molecule has 4 heteroatoms. The van der Waals surface area contributed by atoms with Crippen LogP contribution in [0.4, 0.5) is 0 Å². The smallest absolute Gasteiger partial charge is 0.386 e.